The molecule has 0 saturated heterocycles. The molecule has 0 bridgehead atoms. The maximum Gasteiger partial charge on any atom is 0.269 e. The quantitative estimate of drug-likeness (QED) is 0.517. The van der Waals surface area contributed by atoms with E-state index in [1.54, 1.807) is 12.1 Å². The minimum atomic E-state index is -0.747. The summed E-state index contributed by atoms with van der Waals surface area (Å²) in [6.45, 7) is 2.35. The molecule has 26 heavy (non-hydrogen) atoms. The Bertz CT molecular complexity index is 875. The van der Waals surface area contributed by atoms with E-state index in [2.05, 4.69) is 10.1 Å². The van der Waals surface area contributed by atoms with E-state index >= 15 is 0 Å². The molecule has 1 aromatic heterocycles. The Kier molecular flexibility index (Phi) is 5.23. The molecule has 1 N–H and O–H groups in total. The monoisotopic (exact) mass is 354 g/mol. The fraction of sp³-hybridized carbons (Fsp3) is 0.222. The lowest BCUT2D eigenvalue weighted by atomic mass is 10.2. The molecule has 3 aromatic rings. The summed E-state index contributed by atoms with van der Waals surface area (Å²) >= 11 is 0. The number of aliphatic hydroxyl groups excluding tert-OH is 1. The number of hydrogen-bond donors (Lipinski definition) is 1. The molecule has 8 nitrogen and oxygen atoms in total. The number of aromatic nitrogens is 3. The Labute approximate surface area is 149 Å². The van der Waals surface area contributed by atoms with Crippen molar-refractivity contribution in [1.82, 2.24) is 14.8 Å². The van der Waals surface area contributed by atoms with E-state index in [9.17, 15) is 15.2 Å². The van der Waals surface area contributed by atoms with Gasteiger partial charge in [0.05, 0.1) is 11.5 Å². The lowest BCUT2D eigenvalue weighted by Crippen LogP contribution is -2.23. The van der Waals surface area contributed by atoms with Crippen LogP contribution in [0.4, 0.5) is 5.69 Å². The maximum atomic E-state index is 10.7. The Morgan fingerprint density at radius 3 is 2.54 bits per heavy atom. The van der Waals surface area contributed by atoms with Crippen LogP contribution in [-0.2, 0) is 6.54 Å². The topological polar surface area (TPSA) is 103 Å². The molecule has 134 valence electrons. The van der Waals surface area contributed by atoms with Gasteiger partial charge >= 0.3 is 0 Å². The summed E-state index contributed by atoms with van der Waals surface area (Å²) in [6, 6.07) is 13.6. The number of nitro groups is 1. The van der Waals surface area contributed by atoms with Crippen LogP contribution in [0.3, 0.4) is 0 Å². The summed E-state index contributed by atoms with van der Waals surface area (Å²) < 4.78 is 7.06. The number of aryl methyl sites for hydroxylation is 1. The molecule has 0 radical (unpaired) electrons. The maximum absolute atomic E-state index is 10.7. The van der Waals surface area contributed by atoms with Crippen LogP contribution in [-0.4, -0.2) is 37.5 Å². The van der Waals surface area contributed by atoms with Gasteiger partial charge in [0.25, 0.3) is 5.69 Å². The average molecular weight is 354 g/mol. The van der Waals surface area contributed by atoms with Gasteiger partial charge < -0.3 is 9.84 Å². The molecule has 8 heteroatoms. The molecule has 1 unspecified atom stereocenters. The van der Waals surface area contributed by atoms with Crippen molar-refractivity contribution in [1.29, 1.82) is 0 Å². The summed E-state index contributed by atoms with van der Waals surface area (Å²) in [5.41, 5.74) is 1.82. The van der Waals surface area contributed by atoms with Crippen molar-refractivity contribution in [3.63, 3.8) is 0 Å². The molecule has 0 amide bonds. The molecule has 2 aromatic carbocycles. The number of rotatable bonds is 7. The lowest BCUT2D eigenvalue weighted by Gasteiger charge is -2.12. The molecule has 3 rings (SSSR count). The molecule has 0 saturated carbocycles. The van der Waals surface area contributed by atoms with Gasteiger partial charge in [-0.2, -0.15) is 5.10 Å². The van der Waals surface area contributed by atoms with Crippen molar-refractivity contribution in [2.75, 3.05) is 6.61 Å². The van der Waals surface area contributed by atoms with Crippen molar-refractivity contribution < 1.29 is 14.8 Å². The number of aliphatic hydroxyl groups is 1. The van der Waals surface area contributed by atoms with Crippen molar-refractivity contribution in [3.05, 3.63) is 70.5 Å². The fourth-order valence-electron chi connectivity index (χ4n) is 2.34. The highest BCUT2D eigenvalue weighted by Gasteiger charge is 2.11. The Balaban J connectivity index is 1.57. The average Bonchev–Trinajstić information content (AvgIpc) is 3.10. The molecule has 0 aliphatic rings. The first-order valence-corrected chi connectivity index (χ1v) is 8.03. The summed E-state index contributed by atoms with van der Waals surface area (Å²) in [4.78, 5) is 14.4. The van der Waals surface area contributed by atoms with Crippen LogP contribution in [0.2, 0.25) is 0 Å². The van der Waals surface area contributed by atoms with Crippen LogP contribution < -0.4 is 4.74 Å². The number of nitrogens with zero attached hydrogens (tertiary/aromatic N) is 4. The van der Waals surface area contributed by atoms with Crippen LogP contribution in [0.5, 0.6) is 5.75 Å². The molecule has 1 atom stereocenters. The van der Waals surface area contributed by atoms with Crippen LogP contribution in [0.25, 0.3) is 11.4 Å². The van der Waals surface area contributed by atoms with Crippen LogP contribution in [0.1, 0.15) is 5.56 Å². The number of hydrogen-bond acceptors (Lipinski definition) is 6. The second-order valence-corrected chi connectivity index (χ2v) is 5.87. The molecular weight excluding hydrogens is 336 g/mol. The van der Waals surface area contributed by atoms with Gasteiger partial charge in [-0.1, -0.05) is 17.7 Å². The second kappa shape index (κ2) is 7.75. The zero-order chi connectivity index (χ0) is 18.5. The molecular formula is C18H18N4O4. The Morgan fingerprint density at radius 2 is 1.88 bits per heavy atom. The zero-order valence-corrected chi connectivity index (χ0v) is 14.1. The lowest BCUT2D eigenvalue weighted by molar-refractivity contribution is -0.384. The van der Waals surface area contributed by atoms with Crippen molar-refractivity contribution in [2.24, 2.45) is 0 Å². The van der Waals surface area contributed by atoms with Gasteiger partial charge in [-0.05, 0) is 31.2 Å². The highest BCUT2D eigenvalue weighted by Crippen LogP contribution is 2.19. The Hall–Kier alpha value is -3.26. The largest absolute Gasteiger partial charge is 0.491 e. The SMILES string of the molecule is Cc1ccc(OCC(O)Cn2cnc(-c3ccc([N+](=O)[O-])cc3)n2)cc1. The highest BCUT2D eigenvalue weighted by atomic mass is 16.6. The van der Waals surface area contributed by atoms with Crippen LogP contribution >= 0.6 is 0 Å². The van der Waals surface area contributed by atoms with Gasteiger partial charge in [-0.25, -0.2) is 9.67 Å². The van der Waals surface area contributed by atoms with Gasteiger partial charge in [-0.15, -0.1) is 0 Å². The van der Waals surface area contributed by atoms with Gasteiger partial charge in [0, 0.05) is 17.7 Å². The first kappa shape index (κ1) is 17.6. The van der Waals surface area contributed by atoms with E-state index in [4.69, 9.17) is 4.74 Å². The summed E-state index contributed by atoms with van der Waals surface area (Å²) in [5.74, 6) is 1.13. The molecule has 0 aliphatic heterocycles. The Morgan fingerprint density at radius 1 is 1.19 bits per heavy atom. The molecule has 1 heterocycles. The smallest absolute Gasteiger partial charge is 0.269 e. The third kappa shape index (κ3) is 4.42. The third-order valence-corrected chi connectivity index (χ3v) is 3.73. The number of benzene rings is 2. The van der Waals surface area contributed by atoms with E-state index in [1.807, 2.05) is 31.2 Å². The van der Waals surface area contributed by atoms with Crippen molar-refractivity contribution in [2.45, 2.75) is 19.6 Å². The highest BCUT2D eigenvalue weighted by molar-refractivity contribution is 5.56. The molecule has 0 fully saturated rings. The van der Waals surface area contributed by atoms with Gasteiger partial charge in [0.1, 0.15) is 24.8 Å². The van der Waals surface area contributed by atoms with E-state index in [-0.39, 0.29) is 18.8 Å². The number of nitro benzene ring substituents is 1. The molecule has 0 spiro atoms. The predicted molar refractivity (Wildman–Crippen MR) is 94.8 cm³/mol. The van der Waals surface area contributed by atoms with E-state index in [0.717, 1.165) is 5.56 Å². The summed E-state index contributed by atoms with van der Waals surface area (Å²) in [7, 11) is 0. The van der Waals surface area contributed by atoms with Crippen molar-refractivity contribution >= 4 is 5.69 Å². The number of ether oxygens (including phenoxy) is 1. The molecule has 0 aliphatic carbocycles. The zero-order valence-electron chi connectivity index (χ0n) is 14.1. The summed E-state index contributed by atoms with van der Waals surface area (Å²) in [5, 5.41) is 25.1. The van der Waals surface area contributed by atoms with E-state index in [1.165, 1.54) is 23.1 Å². The normalized spacial score (nSPS) is 11.9. The van der Waals surface area contributed by atoms with E-state index in [0.29, 0.717) is 17.1 Å². The van der Waals surface area contributed by atoms with Gasteiger partial charge in [0.2, 0.25) is 0 Å². The number of non-ortho nitro benzene ring substituents is 1. The minimum absolute atomic E-state index is 0.0110. The first-order valence-electron chi connectivity index (χ1n) is 8.03. The van der Waals surface area contributed by atoms with Gasteiger partial charge in [0.15, 0.2) is 5.82 Å². The fourth-order valence-corrected chi connectivity index (χ4v) is 2.34. The minimum Gasteiger partial charge on any atom is -0.491 e. The predicted octanol–water partition coefficient (Wildman–Crippen LogP) is 2.60. The standard InChI is InChI=1S/C18H18N4O4/c1-13-2-8-17(9-3-13)26-11-16(23)10-21-12-19-18(20-21)14-4-6-15(7-5-14)22(24)25/h2-9,12,16,23H,10-11H2,1H3. The van der Waals surface area contributed by atoms with Crippen LogP contribution in [0.15, 0.2) is 54.9 Å². The summed E-state index contributed by atoms with van der Waals surface area (Å²) in [6.07, 6.45) is 0.758. The van der Waals surface area contributed by atoms with Gasteiger partial charge in [-0.3, -0.25) is 10.1 Å². The first-order chi connectivity index (χ1) is 12.5. The second-order valence-electron chi connectivity index (χ2n) is 5.87. The van der Waals surface area contributed by atoms with Crippen molar-refractivity contribution in [3.8, 4) is 17.1 Å². The third-order valence-electron chi connectivity index (χ3n) is 3.73. The van der Waals surface area contributed by atoms with Crippen LogP contribution in [0, 0.1) is 17.0 Å². The van der Waals surface area contributed by atoms with E-state index < -0.39 is 11.0 Å².